The summed E-state index contributed by atoms with van der Waals surface area (Å²) in [5, 5.41) is 4.10. The van der Waals surface area contributed by atoms with Gasteiger partial charge in [-0.25, -0.2) is 0 Å². The first-order valence-electron chi connectivity index (χ1n) is 5.31. The number of hydrogen-bond donors (Lipinski definition) is 1. The minimum Gasteiger partial charge on any atom is -0.369 e. The third kappa shape index (κ3) is 3.34. The fourth-order valence-corrected chi connectivity index (χ4v) is 1.47. The molecule has 0 aromatic carbocycles. The van der Waals surface area contributed by atoms with Gasteiger partial charge in [-0.15, -0.1) is 0 Å². The Hall–Kier alpha value is -1.36. The normalized spacial score (nSPS) is 12.1. The molecule has 0 aliphatic carbocycles. The van der Waals surface area contributed by atoms with Crippen molar-refractivity contribution in [1.29, 1.82) is 0 Å². The lowest BCUT2D eigenvalue weighted by atomic mass is 10.1. The summed E-state index contributed by atoms with van der Waals surface area (Å²) in [7, 11) is 1.89. The van der Waals surface area contributed by atoms with E-state index < -0.39 is 0 Å². The third-order valence-electron chi connectivity index (χ3n) is 2.57. The van der Waals surface area contributed by atoms with E-state index in [0.717, 1.165) is 5.69 Å². The molecule has 90 valence electrons. The molecule has 1 aromatic heterocycles. The zero-order valence-electron chi connectivity index (χ0n) is 10.4. The number of hydrogen-bond acceptors (Lipinski definition) is 3. The van der Waals surface area contributed by atoms with Gasteiger partial charge in [-0.2, -0.15) is 5.10 Å². The number of primary amides is 1. The van der Waals surface area contributed by atoms with E-state index in [1.165, 1.54) is 0 Å². The van der Waals surface area contributed by atoms with Crippen molar-refractivity contribution >= 4 is 5.91 Å². The van der Waals surface area contributed by atoms with E-state index in [0.29, 0.717) is 6.54 Å². The molecule has 0 fully saturated rings. The van der Waals surface area contributed by atoms with Crippen LogP contribution in [0.5, 0.6) is 0 Å². The summed E-state index contributed by atoms with van der Waals surface area (Å²) in [6.07, 6.45) is 1.75. The molecule has 0 unspecified atom stereocenters. The number of nitrogens with zero attached hydrogens (tertiary/aromatic N) is 3. The minimum absolute atomic E-state index is 0.0979. The van der Waals surface area contributed by atoms with Gasteiger partial charge in [0, 0.05) is 25.3 Å². The number of nitrogens with two attached hydrogens (primary N) is 1. The lowest BCUT2D eigenvalue weighted by Gasteiger charge is -2.34. The number of aryl methyl sites for hydroxylation is 1. The maximum absolute atomic E-state index is 11.0. The second-order valence-corrected chi connectivity index (χ2v) is 4.94. The van der Waals surface area contributed by atoms with E-state index in [4.69, 9.17) is 5.73 Å². The zero-order valence-corrected chi connectivity index (χ0v) is 10.4. The first kappa shape index (κ1) is 12.7. The molecule has 1 heterocycles. The lowest BCUT2D eigenvalue weighted by molar-refractivity contribution is -0.120. The van der Waals surface area contributed by atoms with Gasteiger partial charge in [-0.3, -0.25) is 14.4 Å². The van der Waals surface area contributed by atoms with Gasteiger partial charge >= 0.3 is 0 Å². The SMILES string of the molecule is Cn1nccc1CN(CC(N)=O)C(C)(C)C. The molecule has 0 atom stereocenters. The Kier molecular flexibility index (Phi) is 3.70. The van der Waals surface area contributed by atoms with Crippen LogP contribution in [0.15, 0.2) is 12.3 Å². The Morgan fingerprint density at radius 1 is 1.56 bits per heavy atom. The summed E-state index contributed by atoms with van der Waals surface area (Å²) >= 11 is 0. The highest BCUT2D eigenvalue weighted by atomic mass is 16.1. The van der Waals surface area contributed by atoms with Crippen molar-refractivity contribution in [2.75, 3.05) is 6.54 Å². The number of carbonyl (C=O) groups is 1. The van der Waals surface area contributed by atoms with E-state index in [-0.39, 0.29) is 18.0 Å². The largest absolute Gasteiger partial charge is 0.369 e. The molecule has 0 bridgehead atoms. The predicted octanol–water partition coefficient (Wildman–Crippen LogP) is 0.506. The topological polar surface area (TPSA) is 64.2 Å². The maximum Gasteiger partial charge on any atom is 0.231 e. The fraction of sp³-hybridized carbons (Fsp3) is 0.636. The first-order valence-corrected chi connectivity index (χ1v) is 5.31. The molecule has 16 heavy (non-hydrogen) atoms. The molecule has 0 spiro atoms. The van der Waals surface area contributed by atoms with E-state index in [1.54, 1.807) is 10.9 Å². The van der Waals surface area contributed by atoms with Crippen molar-refractivity contribution in [2.24, 2.45) is 12.8 Å². The van der Waals surface area contributed by atoms with Crippen LogP contribution in [0.25, 0.3) is 0 Å². The number of rotatable bonds is 4. The smallest absolute Gasteiger partial charge is 0.231 e. The summed E-state index contributed by atoms with van der Waals surface area (Å²) in [6.45, 7) is 7.11. The summed E-state index contributed by atoms with van der Waals surface area (Å²) < 4.78 is 1.81. The quantitative estimate of drug-likeness (QED) is 0.810. The Bertz CT molecular complexity index is 364. The molecule has 0 saturated carbocycles. The van der Waals surface area contributed by atoms with Gasteiger partial charge in [-0.1, -0.05) is 0 Å². The zero-order chi connectivity index (χ0) is 12.3. The second-order valence-electron chi connectivity index (χ2n) is 4.94. The maximum atomic E-state index is 11.0. The van der Waals surface area contributed by atoms with Gasteiger partial charge in [0.15, 0.2) is 0 Å². The highest BCUT2D eigenvalue weighted by molar-refractivity contribution is 5.76. The molecule has 0 saturated heterocycles. The van der Waals surface area contributed by atoms with Gasteiger partial charge in [0.25, 0.3) is 0 Å². The van der Waals surface area contributed by atoms with Crippen molar-refractivity contribution in [3.8, 4) is 0 Å². The van der Waals surface area contributed by atoms with Crippen LogP contribution in [0.3, 0.4) is 0 Å². The van der Waals surface area contributed by atoms with E-state index in [2.05, 4.69) is 25.9 Å². The van der Waals surface area contributed by atoms with Gasteiger partial charge in [0.05, 0.1) is 12.2 Å². The van der Waals surface area contributed by atoms with Gasteiger partial charge in [0.2, 0.25) is 5.91 Å². The average Bonchev–Trinajstić information content (AvgIpc) is 2.48. The third-order valence-corrected chi connectivity index (χ3v) is 2.57. The molecular weight excluding hydrogens is 204 g/mol. The second kappa shape index (κ2) is 4.65. The van der Waals surface area contributed by atoms with E-state index in [1.807, 2.05) is 18.0 Å². The Morgan fingerprint density at radius 2 is 2.19 bits per heavy atom. The lowest BCUT2D eigenvalue weighted by Crippen LogP contribution is -2.45. The Labute approximate surface area is 96.2 Å². The van der Waals surface area contributed by atoms with Crippen molar-refractivity contribution in [3.63, 3.8) is 0 Å². The molecular formula is C11H20N4O. The first-order chi connectivity index (χ1) is 7.30. The molecule has 0 radical (unpaired) electrons. The van der Waals surface area contributed by atoms with Crippen LogP contribution >= 0.6 is 0 Å². The summed E-state index contributed by atoms with van der Waals surface area (Å²) in [4.78, 5) is 13.1. The summed E-state index contributed by atoms with van der Waals surface area (Å²) in [5.41, 5.74) is 6.22. The van der Waals surface area contributed by atoms with Crippen LogP contribution in [-0.2, 0) is 18.4 Å². The highest BCUT2D eigenvalue weighted by Crippen LogP contribution is 2.16. The van der Waals surface area contributed by atoms with Gasteiger partial charge in [0.1, 0.15) is 0 Å². The van der Waals surface area contributed by atoms with Crippen molar-refractivity contribution < 1.29 is 4.79 Å². The molecule has 1 amide bonds. The van der Waals surface area contributed by atoms with E-state index in [9.17, 15) is 4.79 Å². The van der Waals surface area contributed by atoms with Crippen molar-refractivity contribution in [2.45, 2.75) is 32.9 Å². The van der Waals surface area contributed by atoms with Gasteiger partial charge < -0.3 is 5.73 Å². The molecule has 2 N–H and O–H groups in total. The molecule has 5 nitrogen and oxygen atoms in total. The Balaban J connectivity index is 2.79. The summed E-state index contributed by atoms with van der Waals surface area (Å²) in [6, 6.07) is 1.94. The van der Waals surface area contributed by atoms with Crippen molar-refractivity contribution in [1.82, 2.24) is 14.7 Å². The van der Waals surface area contributed by atoms with E-state index >= 15 is 0 Å². The van der Waals surface area contributed by atoms with Crippen LogP contribution in [0.2, 0.25) is 0 Å². The molecule has 5 heteroatoms. The standard InChI is InChI=1S/C11H20N4O/c1-11(2,3)15(8-10(12)16)7-9-5-6-13-14(9)4/h5-6H,7-8H2,1-4H3,(H2,12,16). The van der Waals surface area contributed by atoms with Crippen molar-refractivity contribution in [3.05, 3.63) is 18.0 Å². The fourth-order valence-electron chi connectivity index (χ4n) is 1.47. The van der Waals surface area contributed by atoms with Crippen LogP contribution in [0.4, 0.5) is 0 Å². The number of carbonyl (C=O) groups excluding carboxylic acids is 1. The van der Waals surface area contributed by atoms with Crippen LogP contribution in [0, 0.1) is 0 Å². The predicted molar refractivity (Wildman–Crippen MR) is 62.6 cm³/mol. The minimum atomic E-state index is -0.308. The molecule has 0 aliphatic rings. The van der Waals surface area contributed by atoms with Crippen LogP contribution in [-0.4, -0.2) is 32.7 Å². The molecule has 1 rings (SSSR count). The van der Waals surface area contributed by atoms with Crippen LogP contribution in [0.1, 0.15) is 26.5 Å². The molecule has 0 aliphatic heterocycles. The number of amides is 1. The van der Waals surface area contributed by atoms with Crippen LogP contribution < -0.4 is 5.73 Å². The Morgan fingerprint density at radius 3 is 2.56 bits per heavy atom. The summed E-state index contributed by atoms with van der Waals surface area (Å²) in [5.74, 6) is -0.308. The average molecular weight is 224 g/mol. The highest BCUT2D eigenvalue weighted by Gasteiger charge is 2.23. The number of aromatic nitrogens is 2. The monoisotopic (exact) mass is 224 g/mol. The molecule has 1 aromatic rings. The van der Waals surface area contributed by atoms with Gasteiger partial charge in [-0.05, 0) is 26.8 Å².